The summed E-state index contributed by atoms with van der Waals surface area (Å²) in [5, 5.41) is 0. The van der Waals surface area contributed by atoms with E-state index in [4.69, 9.17) is 0 Å². The van der Waals surface area contributed by atoms with Crippen LogP contribution in [0.2, 0.25) is 0 Å². The zero-order chi connectivity index (χ0) is 19.9. The second kappa shape index (κ2) is 7.33. The quantitative estimate of drug-likeness (QED) is 0.792. The maximum absolute atomic E-state index is 13.1. The van der Waals surface area contributed by atoms with Crippen LogP contribution in [0.4, 0.5) is 5.69 Å². The SMILES string of the molecule is Cc1ccc(C(=O)N2CCc3cc(S(=O)(=O)N4CCCCC4)ccc32)c(C)c1. The van der Waals surface area contributed by atoms with Crippen LogP contribution in [0.25, 0.3) is 0 Å². The summed E-state index contributed by atoms with van der Waals surface area (Å²) in [5.41, 5.74) is 4.54. The maximum Gasteiger partial charge on any atom is 0.258 e. The van der Waals surface area contributed by atoms with Crippen LogP contribution in [0.3, 0.4) is 0 Å². The van der Waals surface area contributed by atoms with E-state index in [1.165, 1.54) is 0 Å². The van der Waals surface area contributed by atoms with Crippen molar-refractivity contribution in [1.82, 2.24) is 4.31 Å². The van der Waals surface area contributed by atoms with Gasteiger partial charge in [0.2, 0.25) is 10.0 Å². The number of anilines is 1. The summed E-state index contributed by atoms with van der Waals surface area (Å²) in [7, 11) is -3.46. The number of aryl methyl sites for hydroxylation is 2. The number of rotatable bonds is 3. The Morgan fingerprint density at radius 2 is 1.68 bits per heavy atom. The molecule has 1 amide bonds. The number of carbonyl (C=O) groups excluding carboxylic acids is 1. The summed E-state index contributed by atoms with van der Waals surface area (Å²) in [5.74, 6) is -0.0251. The van der Waals surface area contributed by atoms with Crippen molar-refractivity contribution in [2.45, 2.75) is 44.4 Å². The zero-order valence-electron chi connectivity index (χ0n) is 16.4. The molecule has 0 aromatic heterocycles. The van der Waals surface area contributed by atoms with Gasteiger partial charge < -0.3 is 4.90 Å². The third-order valence-electron chi connectivity index (χ3n) is 5.76. The third-order valence-corrected chi connectivity index (χ3v) is 7.65. The van der Waals surface area contributed by atoms with Crippen molar-refractivity contribution >= 4 is 21.6 Å². The van der Waals surface area contributed by atoms with Gasteiger partial charge in [0, 0.05) is 30.9 Å². The smallest absolute Gasteiger partial charge is 0.258 e. The molecule has 4 rings (SSSR count). The van der Waals surface area contributed by atoms with E-state index in [1.54, 1.807) is 27.4 Å². The first kappa shape index (κ1) is 19.2. The molecule has 2 heterocycles. The van der Waals surface area contributed by atoms with Crippen LogP contribution in [-0.2, 0) is 16.4 Å². The van der Waals surface area contributed by atoms with E-state index in [2.05, 4.69) is 0 Å². The molecule has 2 aromatic carbocycles. The van der Waals surface area contributed by atoms with E-state index in [9.17, 15) is 13.2 Å². The van der Waals surface area contributed by atoms with E-state index in [-0.39, 0.29) is 5.91 Å². The van der Waals surface area contributed by atoms with Gasteiger partial charge in [-0.25, -0.2) is 8.42 Å². The molecule has 0 bridgehead atoms. The van der Waals surface area contributed by atoms with Crippen LogP contribution in [-0.4, -0.2) is 38.3 Å². The van der Waals surface area contributed by atoms with Crippen LogP contribution in [0, 0.1) is 13.8 Å². The number of sulfonamides is 1. The molecule has 0 radical (unpaired) electrons. The molecule has 0 unspecified atom stereocenters. The van der Waals surface area contributed by atoms with Crippen molar-refractivity contribution in [3.05, 3.63) is 58.7 Å². The predicted molar refractivity (Wildman–Crippen MR) is 110 cm³/mol. The molecule has 5 nitrogen and oxygen atoms in total. The van der Waals surface area contributed by atoms with Crippen molar-refractivity contribution in [1.29, 1.82) is 0 Å². The summed E-state index contributed by atoms with van der Waals surface area (Å²) < 4.78 is 27.5. The molecule has 0 N–H and O–H groups in total. The average molecular weight is 399 g/mol. The Labute approximate surface area is 167 Å². The monoisotopic (exact) mass is 398 g/mol. The molecule has 28 heavy (non-hydrogen) atoms. The minimum Gasteiger partial charge on any atom is -0.308 e. The van der Waals surface area contributed by atoms with E-state index in [0.717, 1.165) is 41.6 Å². The van der Waals surface area contributed by atoms with E-state index < -0.39 is 10.0 Å². The third kappa shape index (κ3) is 3.35. The van der Waals surface area contributed by atoms with Gasteiger partial charge in [0.15, 0.2) is 0 Å². The van der Waals surface area contributed by atoms with Gasteiger partial charge in [-0.1, -0.05) is 24.1 Å². The minimum absolute atomic E-state index is 0.0251. The summed E-state index contributed by atoms with van der Waals surface area (Å²) in [6, 6.07) is 11.0. The Balaban J connectivity index is 1.62. The van der Waals surface area contributed by atoms with Gasteiger partial charge in [0.25, 0.3) is 5.91 Å². The van der Waals surface area contributed by atoms with Crippen molar-refractivity contribution in [3.8, 4) is 0 Å². The molecule has 0 spiro atoms. The molecule has 6 heteroatoms. The first-order valence-electron chi connectivity index (χ1n) is 9.90. The Morgan fingerprint density at radius 1 is 0.929 bits per heavy atom. The molecule has 1 saturated heterocycles. The Morgan fingerprint density at radius 3 is 2.39 bits per heavy atom. The largest absolute Gasteiger partial charge is 0.308 e. The topological polar surface area (TPSA) is 57.7 Å². The molecular weight excluding hydrogens is 372 g/mol. The van der Waals surface area contributed by atoms with Crippen LogP contribution in [0.15, 0.2) is 41.3 Å². The zero-order valence-corrected chi connectivity index (χ0v) is 17.3. The lowest BCUT2D eigenvalue weighted by molar-refractivity contribution is 0.0989. The first-order chi connectivity index (χ1) is 13.4. The lowest BCUT2D eigenvalue weighted by Crippen LogP contribution is -2.35. The number of carbonyl (C=O) groups is 1. The summed E-state index contributed by atoms with van der Waals surface area (Å²) in [4.78, 5) is 15.2. The molecule has 148 valence electrons. The Hall–Kier alpha value is -2.18. The van der Waals surface area contributed by atoms with Gasteiger partial charge in [-0.05, 0) is 68.5 Å². The Kier molecular flexibility index (Phi) is 5.02. The van der Waals surface area contributed by atoms with Crippen molar-refractivity contribution in [2.75, 3.05) is 24.5 Å². The lowest BCUT2D eigenvalue weighted by atomic mass is 10.0. The van der Waals surface area contributed by atoms with Crippen LogP contribution >= 0.6 is 0 Å². The van der Waals surface area contributed by atoms with Gasteiger partial charge in [-0.2, -0.15) is 4.31 Å². The molecular formula is C22H26N2O3S. The number of nitrogens with zero attached hydrogens (tertiary/aromatic N) is 2. The highest BCUT2D eigenvalue weighted by Gasteiger charge is 2.30. The van der Waals surface area contributed by atoms with Crippen molar-refractivity contribution in [3.63, 3.8) is 0 Å². The first-order valence-corrected chi connectivity index (χ1v) is 11.3. The Bertz CT molecular complexity index is 1020. The van der Waals surface area contributed by atoms with Crippen molar-refractivity contribution in [2.24, 2.45) is 0 Å². The minimum atomic E-state index is -3.46. The standard InChI is InChI=1S/C22H26N2O3S/c1-16-6-8-20(17(2)14-16)22(25)24-13-10-18-15-19(7-9-21(18)24)28(26,27)23-11-4-3-5-12-23/h6-9,14-15H,3-5,10-13H2,1-2H3. The number of benzene rings is 2. The fourth-order valence-electron chi connectivity index (χ4n) is 4.20. The maximum atomic E-state index is 13.1. The number of amides is 1. The highest BCUT2D eigenvalue weighted by Crippen LogP contribution is 2.33. The molecule has 2 aliphatic heterocycles. The van der Waals surface area contributed by atoms with E-state index in [0.29, 0.717) is 36.5 Å². The molecule has 2 aliphatic rings. The van der Waals surface area contributed by atoms with Gasteiger partial charge in [-0.3, -0.25) is 4.79 Å². The molecule has 0 aliphatic carbocycles. The number of hydrogen-bond acceptors (Lipinski definition) is 3. The molecule has 0 atom stereocenters. The number of fused-ring (bicyclic) bond motifs is 1. The van der Waals surface area contributed by atoms with Crippen LogP contribution < -0.4 is 4.90 Å². The summed E-state index contributed by atoms with van der Waals surface area (Å²) in [6.07, 6.45) is 3.60. The summed E-state index contributed by atoms with van der Waals surface area (Å²) in [6.45, 7) is 5.73. The van der Waals surface area contributed by atoms with Gasteiger partial charge in [-0.15, -0.1) is 0 Å². The van der Waals surface area contributed by atoms with Gasteiger partial charge in [0.1, 0.15) is 0 Å². The van der Waals surface area contributed by atoms with Gasteiger partial charge in [0.05, 0.1) is 4.90 Å². The van der Waals surface area contributed by atoms with Crippen LogP contribution in [0.5, 0.6) is 0 Å². The predicted octanol–water partition coefficient (Wildman–Crippen LogP) is 3.68. The fraction of sp³-hybridized carbons (Fsp3) is 0.409. The van der Waals surface area contributed by atoms with E-state index in [1.807, 2.05) is 32.0 Å². The van der Waals surface area contributed by atoms with Gasteiger partial charge >= 0.3 is 0 Å². The molecule has 0 saturated carbocycles. The average Bonchev–Trinajstić information content (AvgIpc) is 3.11. The lowest BCUT2D eigenvalue weighted by Gasteiger charge is -2.26. The fourth-order valence-corrected chi connectivity index (χ4v) is 5.77. The second-order valence-electron chi connectivity index (χ2n) is 7.78. The summed E-state index contributed by atoms with van der Waals surface area (Å²) >= 11 is 0. The highest BCUT2D eigenvalue weighted by atomic mass is 32.2. The normalized spacial score (nSPS) is 17.6. The van der Waals surface area contributed by atoms with Crippen LogP contribution in [0.1, 0.15) is 46.3 Å². The van der Waals surface area contributed by atoms with E-state index >= 15 is 0 Å². The van der Waals surface area contributed by atoms with Crippen molar-refractivity contribution < 1.29 is 13.2 Å². The highest BCUT2D eigenvalue weighted by molar-refractivity contribution is 7.89. The number of hydrogen-bond donors (Lipinski definition) is 0. The number of piperidine rings is 1. The molecule has 1 fully saturated rings. The second-order valence-corrected chi connectivity index (χ2v) is 9.72. The molecule has 2 aromatic rings.